The standard InChI is InChI=1S/C81H155O3/c1-5-9-12-15-18-21-24-27-30-33-36-39-42-45-48-51-54-57-60-63-66-69-73-82-79-76-78(72-8-4)77-80(83-74-70-67-64-61-58-55-52-49-46-43-40-37-34-31-28-25-22-19-16-13-10-6-2)81(79)84-75-71-68-65-62-59-56-53-50-47-44-41-38-35-32-29-26-23-20-17-14-11-7-3/h76-77H,4-75H2,1-3H3. The van der Waals surface area contributed by atoms with Gasteiger partial charge in [0.05, 0.1) is 19.8 Å². The van der Waals surface area contributed by atoms with Crippen LogP contribution in [-0.2, 0) is 6.42 Å². The Morgan fingerprint density at radius 2 is 0.369 bits per heavy atom. The number of rotatable bonds is 74. The molecular formula is C81H155O3. The van der Waals surface area contributed by atoms with Gasteiger partial charge in [-0.25, -0.2) is 0 Å². The Labute approximate surface area is 530 Å². The number of ether oxygens (including phenoxy) is 3. The van der Waals surface area contributed by atoms with E-state index in [1.807, 2.05) is 0 Å². The minimum atomic E-state index is 0.735. The summed E-state index contributed by atoms with van der Waals surface area (Å²) >= 11 is 0. The Kier molecular flexibility index (Phi) is 67.9. The van der Waals surface area contributed by atoms with Crippen molar-refractivity contribution in [1.82, 2.24) is 0 Å². The fourth-order valence-electron chi connectivity index (χ4n) is 13.0. The average Bonchev–Trinajstić information content (AvgIpc) is 3.55. The maximum atomic E-state index is 6.69. The Bertz CT molecular complexity index is 1280. The molecule has 0 spiro atoms. The summed E-state index contributed by atoms with van der Waals surface area (Å²) in [5.74, 6) is 2.64. The van der Waals surface area contributed by atoms with Gasteiger partial charge in [-0.05, 0) is 49.8 Å². The molecule has 0 N–H and O–H groups in total. The summed E-state index contributed by atoms with van der Waals surface area (Å²) in [6.45, 7) is 13.4. The largest absolute Gasteiger partial charge is 0.490 e. The summed E-state index contributed by atoms with van der Waals surface area (Å²) in [6, 6.07) is 4.48. The number of benzene rings is 1. The Morgan fingerprint density at radius 1 is 0.214 bits per heavy atom. The molecule has 0 amide bonds. The van der Waals surface area contributed by atoms with E-state index >= 15 is 0 Å². The van der Waals surface area contributed by atoms with Crippen molar-refractivity contribution in [3.05, 3.63) is 24.6 Å². The molecule has 1 rings (SSSR count). The normalized spacial score (nSPS) is 11.6. The molecule has 0 bridgehead atoms. The topological polar surface area (TPSA) is 27.7 Å². The lowest BCUT2D eigenvalue weighted by Gasteiger charge is -2.19. The van der Waals surface area contributed by atoms with Crippen LogP contribution in [0.3, 0.4) is 0 Å². The summed E-state index contributed by atoms with van der Waals surface area (Å²) in [5, 5.41) is 0. The summed E-state index contributed by atoms with van der Waals surface area (Å²) in [5.41, 5.74) is 1.26. The molecule has 0 aromatic heterocycles. The van der Waals surface area contributed by atoms with Crippen molar-refractivity contribution < 1.29 is 14.2 Å². The molecule has 0 aliphatic rings. The Hall–Kier alpha value is -1.38. The zero-order valence-corrected chi connectivity index (χ0v) is 58.3. The smallest absolute Gasteiger partial charge is 0.203 e. The lowest BCUT2D eigenvalue weighted by molar-refractivity contribution is 0.234. The van der Waals surface area contributed by atoms with E-state index in [1.54, 1.807) is 0 Å². The van der Waals surface area contributed by atoms with Gasteiger partial charge in [-0.1, -0.05) is 432 Å². The van der Waals surface area contributed by atoms with Crippen LogP contribution in [0.15, 0.2) is 12.1 Å². The van der Waals surface area contributed by atoms with Crippen LogP contribution >= 0.6 is 0 Å². The molecule has 0 saturated carbocycles. The van der Waals surface area contributed by atoms with E-state index in [-0.39, 0.29) is 0 Å². The van der Waals surface area contributed by atoms with Crippen LogP contribution in [0.2, 0.25) is 0 Å². The zero-order valence-electron chi connectivity index (χ0n) is 58.3. The highest BCUT2D eigenvalue weighted by Gasteiger charge is 2.16. The Balaban J connectivity index is 2.37. The third-order valence-corrected chi connectivity index (χ3v) is 18.8. The molecule has 1 aromatic carbocycles. The van der Waals surface area contributed by atoms with Crippen LogP contribution in [0.5, 0.6) is 17.2 Å². The van der Waals surface area contributed by atoms with Crippen molar-refractivity contribution >= 4 is 0 Å². The molecule has 1 aromatic rings. The SMILES string of the molecule is [CH2]CCc1cc(OCCCCCCCCCCCCCCCCCCCCCCCC)c(OCCCCCCCCCCCCCCCCCCCCCCCC)c(OCCCCCCCCCCCCCCCCCCCCCCCC)c1. The molecule has 0 aliphatic carbocycles. The van der Waals surface area contributed by atoms with Gasteiger partial charge >= 0.3 is 0 Å². The highest BCUT2D eigenvalue weighted by molar-refractivity contribution is 5.54. The predicted molar refractivity (Wildman–Crippen MR) is 378 cm³/mol. The maximum absolute atomic E-state index is 6.69. The molecule has 0 unspecified atom stereocenters. The van der Waals surface area contributed by atoms with Crippen molar-refractivity contribution in [3.63, 3.8) is 0 Å². The van der Waals surface area contributed by atoms with Crippen molar-refractivity contribution in [2.75, 3.05) is 19.8 Å². The minimum absolute atomic E-state index is 0.735. The van der Waals surface area contributed by atoms with Crippen LogP contribution in [0.25, 0.3) is 0 Å². The van der Waals surface area contributed by atoms with Crippen LogP contribution in [0.4, 0.5) is 0 Å². The third-order valence-electron chi connectivity index (χ3n) is 18.8. The number of aryl methyl sites for hydroxylation is 1. The first kappa shape index (κ1) is 80.6. The van der Waals surface area contributed by atoms with E-state index in [1.165, 1.54) is 410 Å². The van der Waals surface area contributed by atoms with Gasteiger partial charge in [-0.3, -0.25) is 0 Å². The lowest BCUT2D eigenvalue weighted by atomic mass is 10.0. The average molecular weight is 1180 g/mol. The number of hydrogen-bond acceptors (Lipinski definition) is 3. The van der Waals surface area contributed by atoms with Gasteiger partial charge < -0.3 is 14.2 Å². The second-order valence-electron chi connectivity index (χ2n) is 27.3. The summed E-state index contributed by atoms with van der Waals surface area (Å²) in [6.07, 6.45) is 94.9. The van der Waals surface area contributed by atoms with Gasteiger partial charge in [-0.15, -0.1) is 0 Å². The molecular weight excluding hydrogens is 1020 g/mol. The van der Waals surface area contributed by atoms with Gasteiger partial charge in [0.25, 0.3) is 0 Å². The summed E-state index contributed by atoms with van der Waals surface area (Å²) < 4.78 is 20.0. The highest BCUT2D eigenvalue weighted by atomic mass is 16.5. The van der Waals surface area contributed by atoms with Crippen LogP contribution in [0, 0.1) is 6.92 Å². The molecule has 3 heteroatoms. The predicted octanol–water partition coefficient (Wildman–Crippen LogP) is 29.4. The van der Waals surface area contributed by atoms with E-state index in [0.717, 1.165) is 69.2 Å². The molecule has 3 nitrogen and oxygen atoms in total. The lowest BCUT2D eigenvalue weighted by Crippen LogP contribution is -2.07. The zero-order chi connectivity index (χ0) is 60.0. The first-order chi connectivity index (χ1) is 41.8. The Morgan fingerprint density at radius 3 is 0.536 bits per heavy atom. The van der Waals surface area contributed by atoms with Crippen LogP contribution in [0.1, 0.15) is 457 Å². The molecule has 0 atom stereocenters. The van der Waals surface area contributed by atoms with Crippen molar-refractivity contribution in [2.45, 2.75) is 457 Å². The maximum Gasteiger partial charge on any atom is 0.203 e. The number of hydrogen-bond donors (Lipinski definition) is 0. The van der Waals surface area contributed by atoms with Crippen molar-refractivity contribution in [3.8, 4) is 17.2 Å². The second kappa shape index (κ2) is 70.7. The monoisotopic (exact) mass is 1180 g/mol. The van der Waals surface area contributed by atoms with Crippen molar-refractivity contribution in [2.24, 2.45) is 0 Å². The van der Waals surface area contributed by atoms with Gasteiger partial charge in [0, 0.05) is 0 Å². The first-order valence-corrected chi connectivity index (χ1v) is 39.6. The van der Waals surface area contributed by atoms with Crippen molar-refractivity contribution in [1.29, 1.82) is 0 Å². The molecule has 0 heterocycles. The molecule has 1 radical (unpaired) electrons. The molecule has 0 fully saturated rings. The first-order valence-electron chi connectivity index (χ1n) is 39.6. The molecule has 497 valence electrons. The highest BCUT2D eigenvalue weighted by Crippen LogP contribution is 2.40. The van der Waals surface area contributed by atoms with Gasteiger partial charge in [0.15, 0.2) is 11.5 Å². The number of unbranched alkanes of at least 4 members (excludes halogenated alkanes) is 63. The van der Waals surface area contributed by atoms with Crippen LogP contribution < -0.4 is 14.2 Å². The fourth-order valence-corrected chi connectivity index (χ4v) is 13.0. The van der Waals surface area contributed by atoms with Crippen LogP contribution in [-0.4, -0.2) is 19.8 Å². The molecule has 0 saturated heterocycles. The fraction of sp³-hybridized carbons (Fsp3) is 0.914. The summed E-state index contributed by atoms with van der Waals surface area (Å²) in [4.78, 5) is 0. The quantitative estimate of drug-likeness (QED) is 0.0609. The molecule has 84 heavy (non-hydrogen) atoms. The van der Waals surface area contributed by atoms with E-state index in [4.69, 9.17) is 14.2 Å². The van der Waals surface area contributed by atoms with E-state index in [0.29, 0.717) is 0 Å². The molecule has 0 aliphatic heterocycles. The second-order valence-corrected chi connectivity index (χ2v) is 27.3. The van der Waals surface area contributed by atoms with Gasteiger partial charge in [0.1, 0.15) is 0 Å². The van der Waals surface area contributed by atoms with Gasteiger partial charge in [-0.2, -0.15) is 0 Å². The summed E-state index contributed by atoms with van der Waals surface area (Å²) in [7, 11) is 0. The minimum Gasteiger partial charge on any atom is -0.490 e. The van der Waals surface area contributed by atoms with E-state index < -0.39 is 0 Å². The van der Waals surface area contributed by atoms with Gasteiger partial charge in [0.2, 0.25) is 5.75 Å². The van der Waals surface area contributed by atoms with E-state index in [2.05, 4.69) is 39.8 Å². The van der Waals surface area contributed by atoms with E-state index in [9.17, 15) is 0 Å². The third kappa shape index (κ3) is 59.6.